The molecule has 0 radical (unpaired) electrons. The summed E-state index contributed by atoms with van der Waals surface area (Å²) in [5, 5.41) is 28.7. The van der Waals surface area contributed by atoms with Gasteiger partial charge in [-0.3, -0.25) is 23.4 Å². The van der Waals surface area contributed by atoms with Crippen molar-refractivity contribution < 1.29 is 57.7 Å². The summed E-state index contributed by atoms with van der Waals surface area (Å²) in [5.74, 6) is -0.466. The third-order valence-corrected chi connectivity index (χ3v) is 13.0. The SMILES string of the molecule is CCCCC[C@H](O)/C=C/[C@H]1C(=O)C=C[C@@H]1C/C=C\CCCC(=O)O[C@H](COC(=O)CCCCCCCCCCCCCCCCCCCCC(C)CC)COP(=O)(O)OC[C@@H](O)CO. The summed E-state index contributed by atoms with van der Waals surface area (Å²) in [5.41, 5.74) is 0. The van der Waals surface area contributed by atoms with Crippen molar-refractivity contribution in [3.8, 4) is 0 Å². The van der Waals surface area contributed by atoms with E-state index in [1.807, 2.05) is 24.3 Å². The molecule has 372 valence electrons. The van der Waals surface area contributed by atoms with E-state index in [4.69, 9.17) is 23.6 Å². The van der Waals surface area contributed by atoms with E-state index in [2.05, 4.69) is 20.8 Å². The van der Waals surface area contributed by atoms with Gasteiger partial charge in [0.05, 0.1) is 25.9 Å². The van der Waals surface area contributed by atoms with Crippen molar-refractivity contribution in [2.45, 2.75) is 225 Å². The van der Waals surface area contributed by atoms with Crippen molar-refractivity contribution in [1.82, 2.24) is 0 Å². The maximum Gasteiger partial charge on any atom is 0.472 e. The Morgan fingerprint density at radius 1 is 0.719 bits per heavy atom. The molecular weight excluding hydrogens is 836 g/mol. The molecule has 2 unspecified atom stereocenters. The molecule has 0 aliphatic heterocycles. The molecule has 1 aliphatic rings. The molecule has 13 heteroatoms. The van der Waals surface area contributed by atoms with E-state index < -0.39 is 57.9 Å². The lowest BCUT2D eigenvalue weighted by molar-refractivity contribution is -0.161. The van der Waals surface area contributed by atoms with Crippen LogP contribution in [0.2, 0.25) is 0 Å². The molecule has 0 spiro atoms. The van der Waals surface area contributed by atoms with Gasteiger partial charge in [-0.25, -0.2) is 4.57 Å². The van der Waals surface area contributed by atoms with Crippen LogP contribution in [0.5, 0.6) is 0 Å². The number of phosphoric acid groups is 1. The van der Waals surface area contributed by atoms with Crippen LogP contribution >= 0.6 is 7.82 Å². The van der Waals surface area contributed by atoms with Gasteiger partial charge in [-0.2, -0.15) is 0 Å². The summed E-state index contributed by atoms with van der Waals surface area (Å²) < 4.78 is 32.8. The second kappa shape index (κ2) is 39.9. The third kappa shape index (κ3) is 34.2. The number of ether oxygens (including phenoxy) is 2. The van der Waals surface area contributed by atoms with E-state index >= 15 is 0 Å². The minimum Gasteiger partial charge on any atom is -0.462 e. The second-order valence-corrected chi connectivity index (χ2v) is 19.6. The van der Waals surface area contributed by atoms with E-state index in [1.165, 1.54) is 103 Å². The number of ketones is 1. The zero-order valence-electron chi connectivity index (χ0n) is 40.3. The van der Waals surface area contributed by atoms with Crippen molar-refractivity contribution in [2.75, 3.05) is 26.4 Å². The van der Waals surface area contributed by atoms with Crippen LogP contribution in [0.3, 0.4) is 0 Å². The summed E-state index contributed by atoms with van der Waals surface area (Å²) in [6, 6.07) is 0. The highest BCUT2D eigenvalue weighted by Crippen LogP contribution is 2.43. The van der Waals surface area contributed by atoms with E-state index in [1.54, 1.807) is 12.2 Å². The van der Waals surface area contributed by atoms with Gasteiger partial charge in [0.1, 0.15) is 12.7 Å². The first-order chi connectivity index (χ1) is 30.9. The Hall–Kier alpha value is -2.18. The summed E-state index contributed by atoms with van der Waals surface area (Å²) >= 11 is 0. The van der Waals surface area contributed by atoms with Crippen molar-refractivity contribution in [2.24, 2.45) is 17.8 Å². The van der Waals surface area contributed by atoms with E-state index in [0.717, 1.165) is 44.4 Å². The van der Waals surface area contributed by atoms with Gasteiger partial charge in [0.2, 0.25) is 0 Å². The molecule has 0 fully saturated rings. The highest BCUT2D eigenvalue weighted by Gasteiger charge is 2.28. The fourth-order valence-electron chi connectivity index (χ4n) is 7.67. The number of allylic oxidation sites excluding steroid dienone is 5. The van der Waals surface area contributed by atoms with Crippen LogP contribution in [0.25, 0.3) is 0 Å². The summed E-state index contributed by atoms with van der Waals surface area (Å²) in [7, 11) is -4.68. The normalized spacial score (nSPS) is 18.1. The number of carbonyl (C=O) groups is 3. The van der Waals surface area contributed by atoms with Gasteiger partial charge in [0.25, 0.3) is 0 Å². The molecule has 0 aromatic carbocycles. The quantitative estimate of drug-likeness (QED) is 0.0196. The largest absolute Gasteiger partial charge is 0.472 e. The number of phosphoric ester groups is 1. The number of carbonyl (C=O) groups excluding carboxylic acids is 3. The second-order valence-electron chi connectivity index (χ2n) is 18.1. The molecule has 0 aromatic rings. The van der Waals surface area contributed by atoms with Crippen LogP contribution in [0.4, 0.5) is 0 Å². The zero-order valence-corrected chi connectivity index (χ0v) is 41.2. The summed E-state index contributed by atoms with van der Waals surface area (Å²) in [4.78, 5) is 47.7. The molecule has 0 saturated heterocycles. The molecule has 64 heavy (non-hydrogen) atoms. The first kappa shape index (κ1) is 59.8. The molecule has 1 aliphatic carbocycles. The average Bonchev–Trinajstić information content (AvgIpc) is 3.63. The van der Waals surface area contributed by atoms with Gasteiger partial charge in [-0.1, -0.05) is 192 Å². The first-order valence-corrected chi connectivity index (χ1v) is 26.9. The van der Waals surface area contributed by atoms with Crippen LogP contribution in [0, 0.1) is 17.8 Å². The number of esters is 2. The fourth-order valence-corrected chi connectivity index (χ4v) is 8.46. The lowest BCUT2D eigenvalue weighted by Crippen LogP contribution is -2.29. The number of hydrogen-bond acceptors (Lipinski definition) is 11. The van der Waals surface area contributed by atoms with E-state index in [-0.39, 0.29) is 37.1 Å². The molecule has 0 heterocycles. The molecule has 1 rings (SSSR count). The Kier molecular flexibility index (Phi) is 37.3. The van der Waals surface area contributed by atoms with Gasteiger partial charge < -0.3 is 29.7 Å². The topological polar surface area (TPSA) is 186 Å². The summed E-state index contributed by atoms with van der Waals surface area (Å²) in [6.07, 6.45) is 38.8. The first-order valence-electron chi connectivity index (χ1n) is 25.4. The molecule has 4 N–H and O–H groups in total. The molecule has 0 bridgehead atoms. The van der Waals surface area contributed by atoms with Crippen LogP contribution in [0.1, 0.15) is 207 Å². The predicted octanol–water partition coefficient (Wildman–Crippen LogP) is 11.8. The number of aliphatic hydroxyl groups excluding tert-OH is 3. The van der Waals surface area contributed by atoms with Gasteiger partial charge >= 0.3 is 19.8 Å². The average molecular weight is 927 g/mol. The molecule has 0 aromatic heterocycles. The number of rotatable bonds is 44. The molecule has 7 atom stereocenters. The number of unbranched alkanes of at least 4 members (excludes halogenated alkanes) is 20. The molecule has 0 amide bonds. The van der Waals surface area contributed by atoms with Gasteiger partial charge in [-0.15, -0.1) is 0 Å². The van der Waals surface area contributed by atoms with Crippen LogP contribution in [-0.4, -0.2) is 82.7 Å². The van der Waals surface area contributed by atoms with Crippen LogP contribution in [0.15, 0.2) is 36.5 Å². The van der Waals surface area contributed by atoms with Crippen LogP contribution < -0.4 is 0 Å². The highest BCUT2D eigenvalue weighted by molar-refractivity contribution is 7.47. The highest BCUT2D eigenvalue weighted by atomic mass is 31.2. The van der Waals surface area contributed by atoms with Gasteiger partial charge in [0.15, 0.2) is 11.9 Å². The van der Waals surface area contributed by atoms with Crippen molar-refractivity contribution >= 4 is 25.5 Å². The maximum absolute atomic E-state index is 12.7. The Morgan fingerprint density at radius 3 is 1.84 bits per heavy atom. The Labute approximate surface area is 388 Å². The maximum atomic E-state index is 12.7. The smallest absolute Gasteiger partial charge is 0.462 e. The molecule has 12 nitrogen and oxygen atoms in total. The Bertz CT molecular complexity index is 1320. The Balaban J connectivity index is 2.31. The van der Waals surface area contributed by atoms with E-state index in [0.29, 0.717) is 32.1 Å². The standard InChI is InChI=1S/C51H91O12P/c1-4-6-25-32-45(53)36-37-48-44(35-38-49(48)55)31-27-23-24-29-34-51(57)63-47(42-62-64(58,59)61-40-46(54)39-52)41-60-50(56)33-28-22-20-18-16-14-12-10-8-7-9-11-13-15-17-19-21-26-30-43(3)5-2/h23,27,35-38,43-48,52-54H,4-22,24-26,28-34,39-42H2,1-3H3,(H,58,59)/b27-23-,37-36+/t43?,44-,45-,46-,47+,48+/m0/s1. The van der Waals surface area contributed by atoms with Crippen LogP contribution in [-0.2, 0) is 37.5 Å². The van der Waals surface area contributed by atoms with Gasteiger partial charge in [0, 0.05) is 18.8 Å². The summed E-state index contributed by atoms with van der Waals surface area (Å²) in [6.45, 7) is 4.47. The fraction of sp³-hybridized carbons (Fsp3) is 0.824. The lowest BCUT2D eigenvalue weighted by Gasteiger charge is -2.20. The Morgan fingerprint density at radius 2 is 1.27 bits per heavy atom. The van der Waals surface area contributed by atoms with Crippen molar-refractivity contribution in [3.05, 3.63) is 36.5 Å². The third-order valence-electron chi connectivity index (χ3n) is 12.1. The van der Waals surface area contributed by atoms with Gasteiger partial charge in [-0.05, 0) is 50.0 Å². The van der Waals surface area contributed by atoms with Crippen molar-refractivity contribution in [1.29, 1.82) is 0 Å². The monoisotopic (exact) mass is 927 g/mol. The zero-order chi connectivity index (χ0) is 47.1. The number of aliphatic hydroxyl groups is 3. The lowest BCUT2D eigenvalue weighted by atomic mass is 9.90. The molecule has 0 saturated carbocycles. The van der Waals surface area contributed by atoms with E-state index in [9.17, 15) is 34.1 Å². The minimum absolute atomic E-state index is 0.00217. The predicted molar refractivity (Wildman–Crippen MR) is 255 cm³/mol. The number of hydrogen-bond donors (Lipinski definition) is 4. The molecular formula is C51H91O12P. The van der Waals surface area contributed by atoms with Crippen molar-refractivity contribution in [3.63, 3.8) is 0 Å². The minimum atomic E-state index is -4.68.